The Bertz CT molecular complexity index is 1030. The number of amides is 1. The lowest BCUT2D eigenvalue weighted by molar-refractivity contribution is -0.117. The molecule has 0 saturated carbocycles. The summed E-state index contributed by atoms with van der Waals surface area (Å²) in [6.45, 7) is 0. The maximum atomic E-state index is 12.1. The van der Waals surface area contributed by atoms with Gasteiger partial charge in [0.2, 0.25) is 11.9 Å². The molecule has 7 heteroatoms. The molecule has 3 aromatic rings. The van der Waals surface area contributed by atoms with Crippen LogP contribution >= 0.6 is 11.6 Å². The van der Waals surface area contributed by atoms with Crippen LogP contribution in [0.15, 0.2) is 42.5 Å². The molecule has 3 rings (SSSR count). The maximum absolute atomic E-state index is 12.1. The first kappa shape index (κ1) is 17.7. The zero-order valence-electron chi connectivity index (χ0n) is 13.7. The number of anilines is 2. The van der Waals surface area contributed by atoms with Gasteiger partial charge < -0.3 is 16.8 Å². The summed E-state index contributed by atoms with van der Waals surface area (Å²) in [5.74, 6) is 2.18. The average Bonchev–Trinajstić information content (AvgIpc) is 2.62. The van der Waals surface area contributed by atoms with E-state index < -0.39 is 6.04 Å². The first-order chi connectivity index (χ1) is 12.5. The van der Waals surface area contributed by atoms with Crippen molar-refractivity contribution in [3.05, 3.63) is 47.5 Å². The van der Waals surface area contributed by atoms with Crippen molar-refractivity contribution in [2.75, 3.05) is 11.1 Å². The Kier molecular flexibility index (Phi) is 5.03. The Labute approximate surface area is 155 Å². The smallest absolute Gasteiger partial charge is 0.242 e. The number of nitrogens with zero attached hydrogens (tertiary/aromatic N) is 2. The van der Waals surface area contributed by atoms with E-state index in [9.17, 15) is 4.79 Å². The average molecular weight is 366 g/mol. The molecule has 0 saturated heterocycles. The molecule has 1 aromatic heterocycles. The second-order valence-corrected chi connectivity index (χ2v) is 6.11. The van der Waals surface area contributed by atoms with Crippen LogP contribution in [0.3, 0.4) is 0 Å². The fourth-order valence-corrected chi connectivity index (χ4v) is 2.71. The summed E-state index contributed by atoms with van der Waals surface area (Å²) in [6, 6.07) is 11.7. The van der Waals surface area contributed by atoms with Crippen LogP contribution in [0.5, 0.6) is 0 Å². The van der Waals surface area contributed by atoms with Gasteiger partial charge in [0.05, 0.1) is 17.3 Å². The Hall–Kier alpha value is -3.14. The molecule has 2 aromatic carbocycles. The molecule has 1 atom stereocenters. The molecular weight excluding hydrogens is 350 g/mol. The highest BCUT2D eigenvalue weighted by Crippen LogP contribution is 2.30. The molecule has 0 fully saturated rings. The molecule has 0 bridgehead atoms. The van der Waals surface area contributed by atoms with Gasteiger partial charge in [-0.25, -0.2) is 9.97 Å². The fourth-order valence-electron chi connectivity index (χ4n) is 2.54. The van der Waals surface area contributed by atoms with Crippen molar-refractivity contribution in [2.45, 2.75) is 12.5 Å². The molecule has 0 aliphatic rings. The zero-order chi connectivity index (χ0) is 18.7. The highest BCUT2D eigenvalue weighted by molar-refractivity contribution is 6.31. The summed E-state index contributed by atoms with van der Waals surface area (Å²) in [4.78, 5) is 20.6. The third-order valence-electron chi connectivity index (χ3n) is 3.75. The Morgan fingerprint density at radius 3 is 2.85 bits per heavy atom. The number of hydrogen-bond acceptors (Lipinski definition) is 5. The summed E-state index contributed by atoms with van der Waals surface area (Å²) in [6.07, 6.45) is 5.36. The first-order valence-corrected chi connectivity index (χ1v) is 8.19. The molecule has 5 N–H and O–H groups in total. The molecule has 0 unspecified atom stereocenters. The van der Waals surface area contributed by atoms with Gasteiger partial charge in [-0.1, -0.05) is 23.7 Å². The second-order valence-electron chi connectivity index (χ2n) is 5.68. The van der Waals surface area contributed by atoms with Gasteiger partial charge in [-0.15, -0.1) is 12.3 Å². The van der Waals surface area contributed by atoms with Crippen LogP contribution in [0.4, 0.5) is 11.6 Å². The molecule has 1 heterocycles. The van der Waals surface area contributed by atoms with Crippen LogP contribution in [0.2, 0.25) is 5.02 Å². The number of halogens is 1. The van der Waals surface area contributed by atoms with Crippen molar-refractivity contribution in [3.8, 4) is 23.6 Å². The number of fused-ring (bicyclic) bond motifs is 1. The van der Waals surface area contributed by atoms with Gasteiger partial charge in [-0.05, 0) is 30.3 Å². The van der Waals surface area contributed by atoms with Crippen molar-refractivity contribution < 1.29 is 4.79 Å². The summed E-state index contributed by atoms with van der Waals surface area (Å²) < 4.78 is 0. The van der Waals surface area contributed by atoms with E-state index in [0.29, 0.717) is 21.9 Å². The van der Waals surface area contributed by atoms with E-state index in [0.717, 1.165) is 10.9 Å². The van der Waals surface area contributed by atoms with Crippen molar-refractivity contribution in [2.24, 2.45) is 5.73 Å². The van der Waals surface area contributed by atoms with Gasteiger partial charge in [0.15, 0.2) is 0 Å². The van der Waals surface area contributed by atoms with Gasteiger partial charge in [-0.3, -0.25) is 4.79 Å². The number of nitrogen functional groups attached to an aromatic ring is 1. The predicted molar refractivity (Wildman–Crippen MR) is 104 cm³/mol. The largest absolute Gasteiger partial charge is 0.368 e. The third kappa shape index (κ3) is 3.75. The number of hydrogen-bond donors (Lipinski definition) is 3. The number of carbonyl (C=O) groups excluding carboxylic acids is 1. The van der Waals surface area contributed by atoms with E-state index >= 15 is 0 Å². The number of nitrogens with two attached hydrogens (primary N) is 2. The summed E-state index contributed by atoms with van der Waals surface area (Å²) in [5.41, 5.74) is 14.2. The molecule has 6 nitrogen and oxygen atoms in total. The SMILES string of the molecule is C#CC[C@H](N)C(=O)Nc1cccc(-c2nc(N)nc3ccc(Cl)cc23)c1. The number of nitrogens with one attached hydrogen (secondary N) is 1. The van der Waals surface area contributed by atoms with Gasteiger partial charge >= 0.3 is 0 Å². The van der Waals surface area contributed by atoms with Crippen LogP contribution in [-0.4, -0.2) is 21.9 Å². The van der Waals surface area contributed by atoms with Crippen molar-refractivity contribution in [3.63, 3.8) is 0 Å². The Balaban J connectivity index is 2.01. The lowest BCUT2D eigenvalue weighted by atomic mass is 10.1. The molecule has 0 radical (unpaired) electrons. The van der Waals surface area contributed by atoms with Gasteiger partial charge in [0.1, 0.15) is 0 Å². The lowest BCUT2D eigenvalue weighted by Gasteiger charge is -2.12. The Morgan fingerprint density at radius 2 is 2.08 bits per heavy atom. The minimum atomic E-state index is -0.766. The summed E-state index contributed by atoms with van der Waals surface area (Å²) in [5, 5.41) is 4.08. The second kappa shape index (κ2) is 7.40. The highest BCUT2D eigenvalue weighted by atomic mass is 35.5. The van der Waals surface area contributed by atoms with Crippen LogP contribution in [0.1, 0.15) is 6.42 Å². The van der Waals surface area contributed by atoms with Crippen LogP contribution < -0.4 is 16.8 Å². The molecule has 26 heavy (non-hydrogen) atoms. The number of terminal acetylenes is 1. The summed E-state index contributed by atoms with van der Waals surface area (Å²) in [7, 11) is 0. The maximum Gasteiger partial charge on any atom is 0.242 e. The van der Waals surface area contributed by atoms with Crippen molar-refractivity contribution in [1.82, 2.24) is 9.97 Å². The van der Waals surface area contributed by atoms with Gasteiger partial charge in [0.25, 0.3) is 0 Å². The van der Waals surface area contributed by atoms with Crippen molar-refractivity contribution >= 4 is 40.0 Å². The lowest BCUT2D eigenvalue weighted by Crippen LogP contribution is -2.35. The zero-order valence-corrected chi connectivity index (χ0v) is 14.5. The van der Waals surface area contributed by atoms with Crippen LogP contribution in [0, 0.1) is 12.3 Å². The number of rotatable bonds is 4. The van der Waals surface area contributed by atoms with Gasteiger partial charge in [0, 0.05) is 28.1 Å². The first-order valence-electron chi connectivity index (χ1n) is 7.81. The van der Waals surface area contributed by atoms with Crippen LogP contribution in [0.25, 0.3) is 22.2 Å². The van der Waals surface area contributed by atoms with E-state index in [1.165, 1.54) is 0 Å². The van der Waals surface area contributed by atoms with Crippen molar-refractivity contribution in [1.29, 1.82) is 0 Å². The molecule has 130 valence electrons. The molecule has 0 aliphatic carbocycles. The van der Waals surface area contributed by atoms with E-state index in [4.69, 9.17) is 29.5 Å². The highest BCUT2D eigenvalue weighted by Gasteiger charge is 2.14. The Morgan fingerprint density at radius 1 is 1.27 bits per heavy atom. The number of carbonyl (C=O) groups is 1. The topological polar surface area (TPSA) is 107 Å². The number of aromatic nitrogens is 2. The monoisotopic (exact) mass is 365 g/mol. The van der Waals surface area contributed by atoms with Crippen LogP contribution in [-0.2, 0) is 4.79 Å². The minimum Gasteiger partial charge on any atom is -0.368 e. The molecule has 0 spiro atoms. The number of benzene rings is 2. The van der Waals surface area contributed by atoms with E-state index in [1.807, 2.05) is 6.07 Å². The fraction of sp³-hybridized carbons (Fsp3) is 0.105. The third-order valence-corrected chi connectivity index (χ3v) is 3.99. The standard InChI is InChI=1S/C19H16ClN5O/c1-2-4-15(21)18(26)23-13-6-3-5-11(9-13)17-14-10-12(20)7-8-16(14)24-19(22)25-17/h1,3,5-10,15H,4,21H2,(H,23,26)(H2,22,24,25)/t15-/m0/s1. The normalized spacial score (nSPS) is 11.7. The van der Waals surface area contributed by atoms with Gasteiger partial charge in [-0.2, -0.15) is 0 Å². The molecule has 0 aliphatic heterocycles. The van der Waals surface area contributed by atoms with E-state index in [1.54, 1.807) is 36.4 Å². The van der Waals surface area contributed by atoms with E-state index in [-0.39, 0.29) is 18.3 Å². The van der Waals surface area contributed by atoms with E-state index in [2.05, 4.69) is 21.2 Å². The molecular formula is C19H16ClN5O. The molecule has 1 amide bonds. The quantitative estimate of drug-likeness (QED) is 0.616. The summed E-state index contributed by atoms with van der Waals surface area (Å²) >= 11 is 6.11. The minimum absolute atomic E-state index is 0.153. The predicted octanol–water partition coefficient (Wildman–Crippen LogP) is 2.82.